The Morgan fingerprint density at radius 3 is 2.79 bits per heavy atom. The minimum absolute atomic E-state index is 0.0549. The van der Waals surface area contributed by atoms with Crippen molar-refractivity contribution in [1.82, 2.24) is 0 Å². The number of aliphatic hydroxyl groups is 1. The Morgan fingerprint density at radius 1 is 1.26 bits per heavy atom. The van der Waals surface area contributed by atoms with E-state index >= 15 is 0 Å². The van der Waals surface area contributed by atoms with Gasteiger partial charge in [-0.15, -0.1) is 0 Å². The fourth-order valence-corrected chi connectivity index (χ4v) is 5.31. The average Bonchev–Trinajstić information content (AvgIpc) is 2.39. The van der Waals surface area contributed by atoms with Crippen LogP contribution in [-0.2, 0) is 4.79 Å². The maximum atomic E-state index is 11.8. The molecule has 106 valence electrons. The van der Waals surface area contributed by atoms with Crippen molar-refractivity contribution in [1.29, 1.82) is 0 Å². The predicted octanol–water partition coefficient (Wildman–Crippen LogP) is 3.49. The summed E-state index contributed by atoms with van der Waals surface area (Å²) in [6, 6.07) is 0. The second-order valence-electron chi connectivity index (χ2n) is 7.51. The zero-order chi connectivity index (χ0) is 13.7. The van der Waals surface area contributed by atoms with Gasteiger partial charge in [0.05, 0.1) is 0 Å². The highest BCUT2D eigenvalue weighted by molar-refractivity contribution is 5.91. The number of fused-ring (bicyclic) bond motifs is 3. The van der Waals surface area contributed by atoms with E-state index in [2.05, 4.69) is 13.8 Å². The van der Waals surface area contributed by atoms with Crippen LogP contribution in [0.1, 0.15) is 58.8 Å². The van der Waals surface area contributed by atoms with E-state index in [9.17, 15) is 9.90 Å². The predicted molar refractivity (Wildman–Crippen MR) is 75.7 cm³/mol. The van der Waals surface area contributed by atoms with E-state index in [1.165, 1.54) is 31.3 Å². The molecule has 0 aromatic heterocycles. The Labute approximate surface area is 116 Å². The molecule has 2 heteroatoms. The van der Waals surface area contributed by atoms with Crippen molar-refractivity contribution in [2.24, 2.45) is 22.7 Å². The zero-order valence-electron chi connectivity index (χ0n) is 12.2. The van der Waals surface area contributed by atoms with E-state index in [0.717, 1.165) is 19.3 Å². The molecular formula is C17H26O2. The van der Waals surface area contributed by atoms with Gasteiger partial charge in [-0.25, -0.2) is 0 Å². The molecule has 4 atom stereocenters. The molecule has 0 bridgehead atoms. The first-order chi connectivity index (χ1) is 8.99. The fourth-order valence-electron chi connectivity index (χ4n) is 5.31. The van der Waals surface area contributed by atoms with Crippen molar-refractivity contribution < 1.29 is 9.90 Å². The van der Waals surface area contributed by atoms with Gasteiger partial charge in [0.15, 0.2) is 5.78 Å². The molecule has 19 heavy (non-hydrogen) atoms. The third kappa shape index (κ3) is 1.91. The van der Waals surface area contributed by atoms with Crippen LogP contribution in [0, 0.1) is 22.7 Å². The topological polar surface area (TPSA) is 37.3 Å². The molecule has 0 unspecified atom stereocenters. The molecule has 3 aliphatic rings. The summed E-state index contributed by atoms with van der Waals surface area (Å²) in [6.45, 7) is 4.90. The fraction of sp³-hybridized carbons (Fsp3) is 0.824. The second kappa shape index (κ2) is 4.44. The van der Waals surface area contributed by atoms with Crippen molar-refractivity contribution in [3.05, 3.63) is 11.6 Å². The lowest BCUT2D eigenvalue weighted by atomic mass is 9.47. The molecule has 0 heterocycles. The maximum absolute atomic E-state index is 11.8. The third-order valence-corrected chi connectivity index (χ3v) is 6.37. The first-order valence-corrected chi connectivity index (χ1v) is 7.85. The zero-order valence-corrected chi connectivity index (χ0v) is 12.2. The van der Waals surface area contributed by atoms with Crippen molar-refractivity contribution in [3.8, 4) is 0 Å². The van der Waals surface area contributed by atoms with Crippen LogP contribution < -0.4 is 0 Å². The van der Waals surface area contributed by atoms with E-state index < -0.39 is 0 Å². The highest BCUT2D eigenvalue weighted by Gasteiger charge is 2.53. The van der Waals surface area contributed by atoms with Gasteiger partial charge in [-0.3, -0.25) is 4.79 Å². The van der Waals surface area contributed by atoms with Crippen LogP contribution in [0.15, 0.2) is 11.6 Å². The molecule has 2 saturated carbocycles. The highest BCUT2D eigenvalue weighted by Crippen LogP contribution is 2.62. The quantitative estimate of drug-likeness (QED) is 0.785. The second-order valence-corrected chi connectivity index (χ2v) is 7.51. The Hall–Kier alpha value is -0.630. The number of carbonyl (C=O) groups is 1. The summed E-state index contributed by atoms with van der Waals surface area (Å²) in [5, 5.41) is 9.87. The van der Waals surface area contributed by atoms with Crippen LogP contribution in [0.5, 0.6) is 0 Å². The molecule has 0 aromatic carbocycles. The lowest BCUT2D eigenvalue weighted by Crippen LogP contribution is -2.50. The van der Waals surface area contributed by atoms with Crippen LogP contribution in [0.2, 0.25) is 0 Å². The molecule has 0 saturated heterocycles. The molecule has 1 N–H and O–H groups in total. The van der Waals surface area contributed by atoms with Crippen molar-refractivity contribution in [3.63, 3.8) is 0 Å². The number of ketones is 1. The lowest BCUT2D eigenvalue weighted by Gasteiger charge is -2.57. The standard InChI is InChI=1S/C17H26O2/c1-16(11-18)8-3-9-17(2)14-10-13(19)6-4-12(14)5-7-15(16)17/h10,12,15,18H,3-9,11H2,1-2H3/t12-,15-,16+,17-/m1/s1. The summed E-state index contributed by atoms with van der Waals surface area (Å²) in [5.41, 5.74) is 1.65. The monoisotopic (exact) mass is 262 g/mol. The highest BCUT2D eigenvalue weighted by atomic mass is 16.3. The Bertz CT molecular complexity index is 425. The van der Waals surface area contributed by atoms with Crippen molar-refractivity contribution >= 4 is 5.78 Å². The van der Waals surface area contributed by atoms with Gasteiger partial charge in [0, 0.05) is 13.0 Å². The van der Waals surface area contributed by atoms with Gasteiger partial charge in [0.2, 0.25) is 0 Å². The van der Waals surface area contributed by atoms with Gasteiger partial charge < -0.3 is 5.11 Å². The van der Waals surface area contributed by atoms with Gasteiger partial charge in [0.1, 0.15) is 0 Å². The molecule has 2 nitrogen and oxygen atoms in total. The molecule has 2 fully saturated rings. The van der Waals surface area contributed by atoms with E-state index in [1.54, 1.807) is 0 Å². The Kier molecular flexibility index (Phi) is 3.12. The summed E-state index contributed by atoms with van der Waals surface area (Å²) in [7, 11) is 0. The summed E-state index contributed by atoms with van der Waals surface area (Å²) in [6.07, 6.45) is 9.73. The molecule has 3 rings (SSSR count). The van der Waals surface area contributed by atoms with Crippen molar-refractivity contribution in [2.75, 3.05) is 6.61 Å². The number of allylic oxidation sites excluding steroid dienone is 2. The number of carbonyl (C=O) groups excluding carboxylic acids is 1. The van der Waals surface area contributed by atoms with E-state index in [4.69, 9.17) is 0 Å². The third-order valence-electron chi connectivity index (χ3n) is 6.37. The molecule has 0 aromatic rings. The van der Waals surface area contributed by atoms with Crippen LogP contribution in [0.25, 0.3) is 0 Å². The minimum Gasteiger partial charge on any atom is -0.396 e. The number of rotatable bonds is 1. The van der Waals surface area contributed by atoms with Crippen molar-refractivity contribution in [2.45, 2.75) is 58.8 Å². The number of hydrogen-bond donors (Lipinski definition) is 1. The van der Waals surface area contributed by atoms with E-state index in [-0.39, 0.29) is 10.8 Å². The molecule has 0 aliphatic heterocycles. The first kappa shape index (κ1) is 13.4. The van der Waals surface area contributed by atoms with Gasteiger partial charge in [-0.2, -0.15) is 0 Å². The van der Waals surface area contributed by atoms with Crippen LogP contribution in [-0.4, -0.2) is 17.5 Å². The molecular weight excluding hydrogens is 236 g/mol. The average molecular weight is 262 g/mol. The molecule has 3 aliphatic carbocycles. The maximum Gasteiger partial charge on any atom is 0.155 e. The van der Waals surface area contributed by atoms with Crippen LogP contribution in [0.4, 0.5) is 0 Å². The summed E-state index contributed by atoms with van der Waals surface area (Å²) >= 11 is 0. The van der Waals surface area contributed by atoms with E-state index in [1.807, 2.05) is 6.08 Å². The summed E-state index contributed by atoms with van der Waals surface area (Å²) in [4.78, 5) is 11.8. The Morgan fingerprint density at radius 2 is 2.05 bits per heavy atom. The SMILES string of the molecule is C[C@@]1(CO)CCC[C@]2(C)C3=CC(=O)CC[C@@H]3CC[C@H]12. The molecule has 0 spiro atoms. The van der Waals surface area contributed by atoms with Crippen LogP contribution in [0.3, 0.4) is 0 Å². The smallest absolute Gasteiger partial charge is 0.155 e. The summed E-state index contributed by atoms with van der Waals surface area (Å²) < 4.78 is 0. The molecule has 0 amide bonds. The Balaban J connectivity index is 2.02. The number of hydrogen-bond acceptors (Lipinski definition) is 2. The van der Waals surface area contributed by atoms with E-state index in [0.29, 0.717) is 24.2 Å². The lowest BCUT2D eigenvalue weighted by molar-refractivity contribution is -0.116. The van der Waals surface area contributed by atoms with Gasteiger partial charge >= 0.3 is 0 Å². The van der Waals surface area contributed by atoms with Crippen LogP contribution >= 0.6 is 0 Å². The largest absolute Gasteiger partial charge is 0.396 e. The minimum atomic E-state index is 0.0549. The van der Waals surface area contributed by atoms with Gasteiger partial charge in [0.25, 0.3) is 0 Å². The van der Waals surface area contributed by atoms with Gasteiger partial charge in [-0.05, 0) is 60.8 Å². The number of aliphatic hydroxyl groups excluding tert-OH is 1. The summed E-state index contributed by atoms with van der Waals surface area (Å²) in [5.74, 6) is 1.51. The normalized spacial score (nSPS) is 46.3. The van der Waals surface area contributed by atoms with Gasteiger partial charge in [-0.1, -0.05) is 25.8 Å². The molecule has 0 radical (unpaired) electrons. The first-order valence-electron chi connectivity index (χ1n) is 7.85.